The van der Waals surface area contributed by atoms with Gasteiger partial charge in [0.05, 0.1) is 22.4 Å². The molecule has 0 saturated carbocycles. The van der Waals surface area contributed by atoms with Gasteiger partial charge in [0.1, 0.15) is 11.6 Å². The topological polar surface area (TPSA) is 50.7 Å². The van der Waals surface area contributed by atoms with Crippen molar-refractivity contribution < 1.29 is 4.39 Å². The summed E-state index contributed by atoms with van der Waals surface area (Å²) in [4.78, 5) is 14.1. The van der Waals surface area contributed by atoms with Crippen LogP contribution in [0.3, 0.4) is 0 Å². The molecular formula is C23H21FN4. The zero-order valence-corrected chi connectivity index (χ0v) is 15.9. The molecule has 140 valence electrons. The third-order valence-corrected chi connectivity index (χ3v) is 4.41. The summed E-state index contributed by atoms with van der Waals surface area (Å²) < 4.78 is 13.4. The minimum Gasteiger partial charge on any atom is -0.370 e. The van der Waals surface area contributed by atoms with Crippen molar-refractivity contribution in [2.45, 2.75) is 13.8 Å². The average Bonchev–Trinajstić information content (AvgIpc) is 2.72. The quantitative estimate of drug-likeness (QED) is 0.498. The number of pyridine rings is 1. The number of halogens is 1. The Morgan fingerprint density at radius 2 is 1.50 bits per heavy atom. The van der Waals surface area contributed by atoms with Gasteiger partial charge < -0.3 is 5.32 Å². The van der Waals surface area contributed by atoms with Crippen LogP contribution in [0, 0.1) is 11.7 Å². The molecule has 0 saturated heterocycles. The highest BCUT2D eigenvalue weighted by Gasteiger charge is 2.14. The molecule has 5 heteroatoms. The maximum Gasteiger partial charge on any atom is 0.126 e. The van der Waals surface area contributed by atoms with Crippen LogP contribution in [0.2, 0.25) is 0 Å². The smallest absolute Gasteiger partial charge is 0.126 e. The van der Waals surface area contributed by atoms with E-state index in [1.54, 1.807) is 18.3 Å². The van der Waals surface area contributed by atoms with Gasteiger partial charge in [0.2, 0.25) is 0 Å². The van der Waals surface area contributed by atoms with Gasteiger partial charge in [-0.1, -0.05) is 26.0 Å². The average molecular weight is 372 g/mol. The number of benzene rings is 2. The second-order valence-electron chi connectivity index (χ2n) is 7.12. The van der Waals surface area contributed by atoms with Gasteiger partial charge in [-0.15, -0.1) is 0 Å². The van der Waals surface area contributed by atoms with E-state index in [0.717, 1.165) is 45.9 Å². The van der Waals surface area contributed by atoms with Crippen LogP contribution < -0.4 is 5.32 Å². The largest absolute Gasteiger partial charge is 0.370 e. The summed E-state index contributed by atoms with van der Waals surface area (Å²) in [5.74, 6) is 1.04. The van der Waals surface area contributed by atoms with E-state index in [1.807, 2.05) is 36.4 Å². The van der Waals surface area contributed by atoms with Gasteiger partial charge in [-0.25, -0.2) is 19.3 Å². The Bertz CT molecular complexity index is 1110. The molecule has 0 aliphatic heterocycles. The lowest BCUT2D eigenvalue weighted by Gasteiger charge is -2.12. The molecule has 2 aromatic heterocycles. The minimum absolute atomic E-state index is 0.275. The van der Waals surface area contributed by atoms with Crippen molar-refractivity contribution in [3.63, 3.8) is 0 Å². The van der Waals surface area contributed by atoms with Crippen molar-refractivity contribution >= 4 is 16.9 Å². The van der Waals surface area contributed by atoms with Gasteiger partial charge >= 0.3 is 0 Å². The number of fused-ring (bicyclic) bond motifs is 1. The molecule has 4 rings (SSSR count). The lowest BCUT2D eigenvalue weighted by molar-refractivity contribution is 0.628. The van der Waals surface area contributed by atoms with E-state index >= 15 is 0 Å². The fraction of sp³-hybridized carbons (Fsp3) is 0.174. The van der Waals surface area contributed by atoms with Crippen LogP contribution in [0.5, 0.6) is 0 Å². The summed E-state index contributed by atoms with van der Waals surface area (Å²) in [5.41, 5.74) is 4.83. The van der Waals surface area contributed by atoms with Crippen molar-refractivity contribution in [3.8, 4) is 22.5 Å². The molecule has 0 amide bonds. The molecule has 0 unspecified atom stereocenters. The SMILES string of the molecule is CC(C)CNc1cc(-c2nc3ccccc3nc2-c2ccc(F)cc2)ccn1. The van der Waals surface area contributed by atoms with Crippen molar-refractivity contribution in [1.29, 1.82) is 0 Å². The fourth-order valence-electron chi connectivity index (χ4n) is 2.99. The molecule has 2 heterocycles. The summed E-state index contributed by atoms with van der Waals surface area (Å²) in [6.07, 6.45) is 1.77. The van der Waals surface area contributed by atoms with E-state index in [1.165, 1.54) is 12.1 Å². The van der Waals surface area contributed by atoms with E-state index in [2.05, 4.69) is 24.1 Å². The number of para-hydroxylation sites is 2. The Kier molecular flexibility index (Phi) is 4.98. The first-order valence-electron chi connectivity index (χ1n) is 9.33. The van der Waals surface area contributed by atoms with Gasteiger partial charge in [-0.05, 0) is 54.4 Å². The zero-order chi connectivity index (χ0) is 19.5. The fourth-order valence-corrected chi connectivity index (χ4v) is 2.99. The first kappa shape index (κ1) is 18.0. The number of rotatable bonds is 5. The molecule has 0 aliphatic carbocycles. The van der Waals surface area contributed by atoms with Gasteiger partial charge in [0, 0.05) is 23.9 Å². The molecule has 4 nitrogen and oxygen atoms in total. The molecule has 0 fully saturated rings. The lowest BCUT2D eigenvalue weighted by atomic mass is 10.0. The second-order valence-corrected chi connectivity index (χ2v) is 7.12. The summed E-state index contributed by atoms with van der Waals surface area (Å²) in [7, 11) is 0. The first-order valence-corrected chi connectivity index (χ1v) is 9.33. The maximum absolute atomic E-state index is 13.4. The Balaban J connectivity index is 1.86. The first-order chi connectivity index (χ1) is 13.6. The minimum atomic E-state index is -0.275. The van der Waals surface area contributed by atoms with E-state index in [9.17, 15) is 4.39 Å². The van der Waals surface area contributed by atoms with E-state index in [-0.39, 0.29) is 5.82 Å². The van der Waals surface area contributed by atoms with Gasteiger partial charge in [0.25, 0.3) is 0 Å². The highest BCUT2D eigenvalue weighted by Crippen LogP contribution is 2.31. The van der Waals surface area contributed by atoms with Crippen LogP contribution in [0.1, 0.15) is 13.8 Å². The monoisotopic (exact) mass is 372 g/mol. The molecule has 28 heavy (non-hydrogen) atoms. The maximum atomic E-state index is 13.4. The Hall–Kier alpha value is -3.34. The van der Waals surface area contributed by atoms with Gasteiger partial charge in [-0.3, -0.25) is 0 Å². The van der Waals surface area contributed by atoms with Crippen molar-refractivity contribution in [2.24, 2.45) is 5.92 Å². The van der Waals surface area contributed by atoms with Crippen LogP contribution in [0.4, 0.5) is 10.2 Å². The number of nitrogens with zero attached hydrogens (tertiary/aromatic N) is 3. The van der Waals surface area contributed by atoms with E-state index < -0.39 is 0 Å². The van der Waals surface area contributed by atoms with Gasteiger partial charge in [0.15, 0.2) is 0 Å². The van der Waals surface area contributed by atoms with Crippen LogP contribution in [-0.2, 0) is 0 Å². The summed E-state index contributed by atoms with van der Waals surface area (Å²) >= 11 is 0. The molecule has 1 N–H and O–H groups in total. The normalized spacial score (nSPS) is 11.1. The van der Waals surface area contributed by atoms with Crippen molar-refractivity contribution in [2.75, 3.05) is 11.9 Å². The number of nitrogens with one attached hydrogen (secondary N) is 1. The lowest BCUT2D eigenvalue weighted by Crippen LogP contribution is -2.09. The summed E-state index contributed by atoms with van der Waals surface area (Å²) in [6, 6.07) is 18.0. The molecule has 2 aromatic carbocycles. The predicted molar refractivity (Wildman–Crippen MR) is 111 cm³/mol. The highest BCUT2D eigenvalue weighted by molar-refractivity contribution is 5.86. The number of anilines is 1. The van der Waals surface area contributed by atoms with Crippen LogP contribution in [0.15, 0.2) is 66.9 Å². The van der Waals surface area contributed by atoms with Crippen molar-refractivity contribution in [3.05, 3.63) is 72.7 Å². The Morgan fingerprint density at radius 1 is 0.857 bits per heavy atom. The van der Waals surface area contributed by atoms with Crippen LogP contribution in [-0.4, -0.2) is 21.5 Å². The molecule has 0 bridgehead atoms. The zero-order valence-electron chi connectivity index (χ0n) is 15.9. The number of hydrogen-bond donors (Lipinski definition) is 1. The predicted octanol–water partition coefficient (Wildman–Crippen LogP) is 5.57. The van der Waals surface area contributed by atoms with Crippen LogP contribution >= 0.6 is 0 Å². The Morgan fingerprint density at radius 3 is 2.14 bits per heavy atom. The summed E-state index contributed by atoms with van der Waals surface area (Å²) in [5, 5.41) is 3.35. The number of aromatic nitrogens is 3. The third kappa shape index (κ3) is 3.83. The molecular weight excluding hydrogens is 351 g/mol. The van der Waals surface area contributed by atoms with Gasteiger partial charge in [-0.2, -0.15) is 0 Å². The molecule has 0 atom stereocenters. The Labute approximate surface area is 163 Å². The van der Waals surface area contributed by atoms with E-state index in [0.29, 0.717) is 5.92 Å². The summed E-state index contributed by atoms with van der Waals surface area (Å²) in [6.45, 7) is 5.14. The third-order valence-electron chi connectivity index (χ3n) is 4.41. The molecule has 4 aromatic rings. The standard InChI is InChI=1S/C23H21FN4/c1-15(2)14-26-21-13-17(11-12-25-21)23-22(16-7-9-18(24)10-8-16)27-19-5-3-4-6-20(19)28-23/h3-13,15H,14H2,1-2H3,(H,25,26). The molecule has 0 spiro atoms. The molecule has 0 radical (unpaired) electrons. The van der Waals surface area contributed by atoms with E-state index in [4.69, 9.17) is 9.97 Å². The van der Waals surface area contributed by atoms with Crippen LogP contribution in [0.25, 0.3) is 33.5 Å². The highest BCUT2D eigenvalue weighted by atomic mass is 19.1. The molecule has 0 aliphatic rings. The number of hydrogen-bond acceptors (Lipinski definition) is 4. The second kappa shape index (κ2) is 7.72. The van der Waals surface area contributed by atoms with Crippen molar-refractivity contribution in [1.82, 2.24) is 15.0 Å².